The van der Waals surface area contributed by atoms with Gasteiger partial charge in [-0.05, 0) is 36.2 Å². The summed E-state index contributed by atoms with van der Waals surface area (Å²) in [5.74, 6) is 0.157. The molecule has 2 heterocycles. The maximum atomic E-state index is 13.0. The fraction of sp³-hybridized carbons (Fsp3) is 0.350. The summed E-state index contributed by atoms with van der Waals surface area (Å²) in [5, 5.41) is 9.38. The molecule has 3 rings (SSSR count). The molecule has 3 N–H and O–H groups in total. The normalized spacial score (nSPS) is 16.6. The van der Waals surface area contributed by atoms with Crippen LogP contribution in [0.25, 0.3) is 11.1 Å². The van der Waals surface area contributed by atoms with Gasteiger partial charge in [-0.3, -0.25) is 9.59 Å². The molecule has 148 valence electrons. The van der Waals surface area contributed by atoms with E-state index in [1.54, 1.807) is 23.2 Å². The molecule has 1 saturated heterocycles. The van der Waals surface area contributed by atoms with Crippen molar-refractivity contribution in [2.75, 3.05) is 38.6 Å². The predicted octanol–water partition coefficient (Wildman–Crippen LogP) is 0.888. The third kappa shape index (κ3) is 4.29. The van der Waals surface area contributed by atoms with E-state index >= 15 is 0 Å². The first-order chi connectivity index (χ1) is 13.5. The molecule has 1 aliphatic rings. The van der Waals surface area contributed by atoms with Crippen LogP contribution in [0.1, 0.15) is 15.9 Å². The number of anilines is 1. The minimum Gasteiger partial charge on any atom is -0.395 e. The molecule has 0 spiro atoms. The second-order valence-corrected chi connectivity index (χ2v) is 6.67. The molecule has 28 heavy (non-hydrogen) atoms. The summed E-state index contributed by atoms with van der Waals surface area (Å²) >= 11 is 0. The number of benzene rings is 1. The summed E-state index contributed by atoms with van der Waals surface area (Å²) in [4.78, 5) is 31.2. The molecule has 0 radical (unpaired) electrons. The summed E-state index contributed by atoms with van der Waals surface area (Å²) < 4.78 is 5.66. The highest BCUT2D eigenvalue weighted by Crippen LogP contribution is 2.26. The first-order valence-corrected chi connectivity index (χ1v) is 9.09. The van der Waals surface area contributed by atoms with E-state index in [0.29, 0.717) is 24.5 Å². The zero-order valence-electron chi connectivity index (χ0n) is 15.7. The number of rotatable bonds is 6. The molecular weight excluding hydrogens is 360 g/mol. The Morgan fingerprint density at radius 3 is 2.86 bits per heavy atom. The molecular formula is C20H24N4O4. The number of nitrogens with two attached hydrogens (primary N) is 1. The van der Waals surface area contributed by atoms with Gasteiger partial charge in [-0.1, -0.05) is 12.1 Å². The Morgan fingerprint density at radius 2 is 2.18 bits per heavy atom. The van der Waals surface area contributed by atoms with Crippen LogP contribution in [0.4, 0.5) is 5.82 Å². The van der Waals surface area contributed by atoms with E-state index in [9.17, 15) is 14.7 Å². The molecule has 8 nitrogen and oxygen atoms in total. The SMILES string of the molecule is Cc1cnc(N)c(-c2ccc(C(=O)N(CCO)C3CN(C=O)CCO3)cc2)c1. The Labute approximate surface area is 163 Å². The fourth-order valence-electron chi connectivity index (χ4n) is 3.19. The molecule has 0 aliphatic carbocycles. The first kappa shape index (κ1) is 19.8. The number of hydrogen-bond donors (Lipinski definition) is 2. The zero-order valence-corrected chi connectivity index (χ0v) is 15.7. The Hall–Kier alpha value is -2.97. The van der Waals surface area contributed by atoms with Crippen LogP contribution >= 0.6 is 0 Å². The smallest absolute Gasteiger partial charge is 0.256 e. The lowest BCUT2D eigenvalue weighted by Gasteiger charge is -2.37. The van der Waals surface area contributed by atoms with Gasteiger partial charge in [-0.2, -0.15) is 0 Å². The van der Waals surface area contributed by atoms with E-state index in [0.717, 1.165) is 23.1 Å². The van der Waals surface area contributed by atoms with Crippen molar-refractivity contribution >= 4 is 18.1 Å². The van der Waals surface area contributed by atoms with Crippen LogP contribution in [0.5, 0.6) is 0 Å². The number of nitrogen functional groups attached to an aromatic ring is 1. The van der Waals surface area contributed by atoms with Crippen molar-refractivity contribution < 1.29 is 19.4 Å². The number of carbonyl (C=O) groups is 2. The quantitative estimate of drug-likeness (QED) is 0.716. The number of aromatic nitrogens is 1. The lowest BCUT2D eigenvalue weighted by molar-refractivity contribution is -0.134. The molecule has 0 bridgehead atoms. The van der Waals surface area contributed by atoms with Gasteiger partial charge in [0.2, 0.25) is 6.41 Å². The van der Waals surface area contributed by atoms with Crippen LogP contribution in [0.3, 0.4) is 0 Å². The zero-order chi connectivity index (χ0) is 20.1. The molecule has 1 aromatic heterocycles. The van der Waals surface area contributed by atoms with Crippen molar-refractivity contribution in [3.8, 4) is 11.1 Å². The van der Waals surface area contributed by atoms with Crippen LogP contribution in [-0.4, -0.2) is 71.3 Å². The van der Waals surface area contributed by atoms with E-state index in [2.05, 4.69) is 4.98 Å². The molecule has 1 aliphatic heterocycles. The fourth-order valence-corrected chi connectivity index (χ4v) is 3.19. The van der Waals surface area contributed by atoms with Crippen molar-refractivity contribution in [2.45, 2.75) is 13.2 Å². The summed E-state index contributed by atoms with van der Waals surface area (Å²) in [6, 6.07) is 9.00. The minimum absolute atomic E-state index is 0.118. The van der Waals surface area contributed by atoms with Crippen molar-refractivity contribution in [3.05, 3.63) is 47.7 Å². The molecule has 2 amide bonds. The van der Waals surface area contributed by atoms with Crippen molar-refractivity contribution in [2.24, 2.45) is 0 Å². The van der Waals surface area contributed by atoms with E-state index in [1.165, 1.54) is 4.90 Å². The minimum atomic E-state index is -0.588. The Bertz CT molecular complexity index is 841. The number of aliphatic hydroxyl groups is 1. The molecule has 2 aromatic rings. The van der Waals surface area contributed by atoms with Crippen LogP contribution in [0.15, 0.2) is 36.5 Å². The van der Waals surface area contributed by atoms with Gasteiger partial charge < -0.3 is 25.4 Å². The maximum absolute atomic E-state index is 13.0. The largest absolute Gasteiger partial charge is 0.395 e. The van der Waals surface area contributed by atoms with Crippen LogP contribution in [-0.2, 0) is 9.53 Å². The van der Waals surface area contributed by atoms with Gasteiger partial charge in [-0.15, -0.1) is 0 Å². The van der Waals surface area contributed by atoms with Crippen molar-refractivity contribution in [3.63, 3.8) is 0 Å². The molecule has 1 aromatic carbocycles. The highest BCUT2D eigenvalue weighted by molar-refractivity contribution is 5.95. The second-order valence-electron chi connectivity index (χ2n) is 6.67. The second kappa shape index (κ2) is 8.81. The van der Waals surface area contributed by atoms with Gasteiger partial charge in [-0.25, -0.2) is 4.98 Å². The van der Waals surface area contributed by atoms with Gasteiger partial charge in [0.25, 0.3) is 5.91 Å². The lowest BCUT2D eigenvalue weighted by Crippen LogP contribution is -2.53. The number of pyridine rings is 1. The van der Waals surface area contributed by atoms with Gasteiger partial charge in [0, 0.05) is 30.4 Å². The summed E-state index contributed by atoms with van der Waals surface area (Å²) in [7, 11) is 0. The van der Waals surface area contributed by atoms with Crippen molar-refractivity contribution in [1.82, 2.24) is 14.8 Å². The highest BCUT2D eigenvalue weighted by Gasteiger charge is 2.29. The average molecular weight is 384 g/mol. The predicted molar refractivity (Wildman–Crippen MR) is 104 cm³/mol. The van der Waals surface area contributed by atoms with Crippen LogP contribution in [0.2, 0.25) is 0 Å². The molecule has 0 saturated carbocycles. The number of hydrogen-bond acceptors (Lipinski definition) is 6. The third-order valence-corrected chi connectivity index (χ3v) is 4.68. The number of aliphatic hydroxyl groups excluding tert-OH is 1. The number of nitrogens with zero attached hydrogens (tertiary/aromatic N) is 3. The van der Waals surface area contributed by atoms with E-state index in [1.807, 2.05) is 25.1 Å². The maximum Gasteiger partial charge on any atom is 0.256 e. The Morgan fingerprint density at radius 1 is 1.43 bits per heavy atom. The summed E-state index contributed by atoms with van der Waals surface area (Å²) in [5.41, 5.74) is 9.09. The monoisotopic (exact) mass is 384 g/mol. The van der Waals surface area contributed by atoms with Crippen LogP contribution in [0, 0.1) is 6.92 Å². The van der Waals surface area contributed by atoms with E-state index < -0.39 is 6.23 Å². The average Bonchev–Trinajstić information content (AvgIpc) is 2.73. The van der Waals surface area contributed by atoms with E-state index in [-0.39, 0.29) is 25.6 Å². The standard InChI is InChI=1S/C20H24N4O4/c1-14-10-17(19(21)22-11-14)15-2-4-16(5-3-15)20(27)24(6-8-25)18-12-23(13-26)7-9-28-18/h2-5,10-11,13,18,25H,6-9,12H2,1H3,(H2,21,22). The third-order valence-electron chi connectivity index (χ3n) is 4.68. The van der Waals surface area contributed by atoms with Crippen molar-refractivity contribution in [1.29, 1.82) is 0 Å². The lowest BCUT2D eigenvalue weighted by atomic mass is 10.0. The van der Waals surface area contributed by atoms with E-state index in [4.69, 9.17) is 10.5 Å². The van der Waals surface area contributed by atoms with Gasteiger partial charge in [0.1, 0.15) is 12.0 Å². The molecule has 1 atom stereocenters. The number of aryl methyl sites for hydroxylation is 1. The summed E-state index contributed by atoms with van der Waals surface area (Å²) in [6.45, 7) is 2.97. The molecule has 1 unspecified atom stereocenters. The van der Waals surface area contributed by atoms with Gasteiger partial charge in [0.05, 0.1) is 19.8 Å². The number of morpholine rings is 1. The highest BCUT2D eigenvalue weighted by atomic mass is 16.5. The number of amides is 2. The van der Waals surface area contributed by atoms with Gasteiger partial charge >= 0.3 is 0 Å². The Kier molecular flexibility index (Phi) is 6.23. The molecule has 1 fully saturated rings. The summed E-state index contributed by atoms with van der Waals surface area (Å²) in [6.07, 6.45) is 1.86. The topological polar surface area (TPSA) is 109 Å². The first-order valence-electron chi connectivity index (χ1n) is 9.09. The number of carbonyl (C=O) groups excluding carboxylic acids is 2. The molecule has 8 heteroatoms. The van der Waals surface area contributed by atoms with Gasteiger partial charge in [0.15, 0.2) is 0 Å². The number of ether oxygens (including phenoxy) is 1. The van der Waals surface area contributed by atoms with Crippen LogP contribution < -0.4 is 5.73 Å². The Balaban J connectivity index is 1.81.